The molecule has 9 heteroatoms. The predicted octanol–water partition coefficient (Wildman–Crippen LogP) is 5.79. The highest BCUT2D eigenvalue weighted by molar-refractivity contribution is 7.90. The molecule has 6 nitrogen and oxygen atoms in total. The van der Waals surface area contributed by atoms with E-state index in [0.29, 0.717) is 23.7 Å². The molecule has 0 amide bonds. The van der Waals surface area contributed by atoms with Crippen molar-refractivity contribution in [1.82, 2.24) is 4.90 Å². The van der Waals surface area contributed by atoms with E-state index in [1.54, 1.807) is 36.4 Å². The monoisotopic (exact) mass is 557 g/mol. The maximum atomic E-state index is 12.6. The van der Waals surface area contributed by atoms with Crippen molar-refractivity contribution in [2.45, 2.75) is 17.9 Å². The van der Waals surface area contributed by atoms with Crippen LogP contribution in [0.3, 0.4) is 0 Å². The third-order valence-electron chi connectivity index (χ3n) is 7.03. The number of phenolic OH excluding ortho intramolecular Hbond substituents is 1. The van der Waals surface area contributed by atoms with Gasteiger partial charge in [-0.15, -0.1) is 0 Å². The first-order valence-corrected chi connectivity index (χ1v) is 14.6. The smallest absolute Gasteiger partial charge is 0.177 e. The van der Waals surface area contributed by atoms with Crippen molar-refractivity contribution in [2.75, 3.05) is 39.2 Å². The van der Waals surface area contributed by atoms with Crippen LogP contribution in [-0.2, 0) is 9.84 Å². The van der Waals surface area contributed by atoms with Gasteiger partial charge in [0.05, 0.1) is 16.6 Å². The Morgan fingerprint density at radius 1 is 1.11 bits per heavy atom. The number of alkyl halides is 1. The Morgan fingerprint density at radius 3 is 2.53 bits per heavy atom. The number of sulfone groups is 1. The number of likely N-dealkylation sites (tertiary alicyclic amines) is 1. The van der Waals surface area contributed by atoms with Crippen LogP contribution >= 0.6 is 11.6 Å². The van der Waals surface area contributed by atoms with Gasteiger partial charge in [-0.25, -0.2) is 8.42 Å². The minimum Gasteiger partial charge on any atom is -0.508 e. The number of hydrogen-bond donors (Lipinski definition) is 1. The molecule has 1 unspecified atom stereocenters. The first-order chi connectivity index (χ1) is 18.1. The Kier molecular flexibility index (Phi) is 7.40. The number of hydrogen-bond acceptors (Lipinski definition) is 6. The number of nitrogens with zero attached hydrogens (tertiary/aromatic N) is 1. The maximum absolute atomic E-state index is 12.6. The van der Waals surface area contributed by atoms with Crippen LogP contribution in [0, 0.1) is 5.92 Å². The molecule has 1 fully saturated rings. The third kappa shape index (κ3) is 5.39. The van der Waals surface area contributed by atoms with Crippen LogP contribution < -0.4 is 9.47 Å². The van der Waals surface area contributed by atoms with Crippen molar-refractivity contribution in [3.8, 4) is 17.2 Å². The molecule has 200 valence electrons. The number of benzene rings is 3. The lowest BCUT2D eigenvalue weighted by atomic mass is 9.86. The van der Waals surface area contributed by atoms with Gasteiger partial charge in [-0.2, -0.15) is 0 Å². The highest BCUT2D eigenvalue weighted by Gasteiger charge is 2.31. The predicted molar refractivity (Wildman–Crippen MR) is 146 cm³/mol. The number of allylic oxidation sites excluding steroid dienone is 1. The highest BCUT2D eigenvalue weighted by atomic mass is 35.5. The second kappa shape index (κ2) is 10.6. The molecule has 1 saturated heterocycles. The van der Waals surface area contributed by atoms with Gasteiger partial charge in [-0.05, 0) is 66.1 Å². The average Bonchev–Trinajstić information content (AvgIpc) is 2.86. The van der Waals surface area contributed by atoms with Crippen LogP contribution in [0.4, 0.5) is 4.39 Å². The molecule has 0 aromatic heterocycles. The summed E-state index contributed by atoms with van der Waals surface area (Å²) in [5.74, 6) is 1.59. The molecule has 2 heterocycles. The molecule has 0 bridgehead atoms. The van der Waals surface area contributed by atoms with E-state index in [1.165, 1.54) is 0 Å². The average molecular weight is 558 g/mol. The zero-order valence-corrected chi connectivity index (χ0v) is 22.7. The van der Waals surface area contributed by atoms with Crippen molar-refractivity contribution in [2.24, 2.45) is 5.92 Å². The van der Waals surface area contributed by atoms with Crippen LogP contribution in [0.5, 0.6) is 17.2 Å². The van der Waals surface area contributed by atoms with Gasteiger partial charge in [0, 0.05) is 42.9 Å². The van der Waals surface area contributed by atoms with Gasteiger partial charge >= 0.3 is 0 Å². The lowest BCUT2D eigenvalue weighted by molar-refractivity contribution is 0.0668. The molecule has 5 rings (SSSR count). The summed E-state index contributed by atoms with van der Waals surface area (Å²) in [5.41, 5.74) is 3.88. The molecule has 3 aromatic carbocycles. The fraction of sp³-hybridized carbons (Fsp3) is 0.310. The van der Waals surface area contributed by atoms with Crippen molar-refractivity contribution < 1.29 is 27.4 Å². The quantitative estimate of drug-likeness (QED) is 0.378. The first-order valence-electron chi connectivity index (χ1n) is 12.4. The molecule has 0 radical (unpaired) electrons. The van der Waals surface area contributed by atoms with Crippen molar-refractivity contribution >= 4 is 32.6 Å². The largest absolute Gasteiger partial charge is 0.508 e. The summed E-state index contributed by atoms with van der Waals surface area (Å²) in [6.07, 6.45) is 0.593. The van der Waals surface area contributed by atoms with Gasteiger partial charge < -0.3 is 14.6 Å². The molecule has 38 heavy (non-hydrogen) atoms. The van der Waals surface area contributed by atoms with Gasteiger partial charge in [0.25, 0.3) is 0 Å². The Balaban J connectivity index is 1.45. The van der Waals surface area contributed by atoms with Crippen molar-refractivity contribution in [3.05, 3.63) is 82.4 Å². The SMILES string of the molecule is CC1=C(c2ccc(Cl)c(S(C)(=O)=O)c2)C(c2ccc(OCCN3CC(CF)C3)cc2)Oc2ccc(O)cc21. The fourth-order valence-electron chi connectivity index (χ4n) is 4.99. The lowest BCUT2D eigenvalue weighted by Crippen LogP contribution is -2.49. The number of fused-ring (bicyclic) bond motifs is 1. The van der Waals surface area contributed by atoms with E-state index in [9.17, 15) is 17.9 Å². The van der Waals surface area contributed by atoms with E-state index >= 15 is 0 Å². The van der Waals surface area contributed by atoms with E-state index in [4.69, 9.17) is 21.1 Å². The van der Waals surface area contributed by atoms with Gasteiger partial charge in [0.2, 0.25) is 0 Å². The van der Waals surface area contributed by atoms with Crippen molar-refractivity contribution in [1.29, 1.82) is 0 Å². The van der Waals surface area contributed by atoms with Crippen LogP contribution in [0.15, 0.2) is 65.6 Å². The highest BCUT2D eigenvalue weighted by Crippen LogP contribution is 2.48. The summed E-state index contributed by atoms with van der Waals surface area (Å²) in [4.78, 5) is 2.21. The van der Waals surface area contributed by atoms with Crippen LogP contribution in [0.25, 0.3) is 11.1 Å². The van der Waals surface area contributed by atoms with Crippen molar-refractivity contribution in [3.63, 3.8) is 0 Å². The number of halogens is 2. The van der Waals surface area contributed by atoms with Gasteiger partial charge in [0.15, 0.2) is 9.84 Å². The third-order valence-corrected chi connectivity index (χ3v) is 8.61. The molecular formula is C29H29ClFNO5S. The molecule has 0 saturated carbocycles. The Hall–Kier alpha value is -3.07. The van der Waals surface area contributed by atoms with E-state index < -0.39 is 15.9 Å². The first kappa shape index (κ1) is 26.5. The van der Waals surface area contributed by atoms with Gasteiger partial charge in [-0.3, -0.25) is 9.29 Å². The summed E-state index contributed by atoms with van der Waals surface area (Å²) in [7, 11) is -3.56. The standard InChI is InChI=1S/C29H29ClFNO5S/c1-18-24-14-22(33)6-10-26(24)37-29(28(18)21-5-9-25(30)27(13-21)38(2,34)35)20-3-7-23(8-4-20)36-12-11-32-16-19(15-31)17-32/h3-10,13-14,19,29,33H,11-12,15-17H2,1-2H3. The van der Waals surface area contributed by atoms with Gasteiger partial charge in [-0.1, -0.05) is 29.8 Å². The topological polar surface area (TPSA) is 76.1 Å². The normalized spacial score (nSPS) is 18.1. The zero-order chi connectivity index (χ0) is 27.0. The summed E-state index contributed by atoms with van der Waals surface area (Å²) in [6, 6.07) is 17.5. The molecule has 0 spiro atoms. The Morgan fingerprint density at radius 2 is 1.84 bits per heavy atom. The molecule has 0 aliphatic carbocycles. The number of rotatable bonds is 8. The number of ether oxygens (including phenoxy) is 2. The molecule has 1 atom stereocenters. The molecule has 2 aliphatic heterocycles. The lowest BCUT2D eigenvalue weighted by Gasteiger charge is -2.37. The summed E-state index contributed by atoms with van der Waals surface area (Å²) < 4.78 is 49.7. The van der Waals surface area contributed by atoms with Gasteiger partial charge in [0.1, 0.15) is 30.0 Å². The summed E-state index contributed by atoms with van der Waals surface area (Å²) in [5, 5.41) is 10.3. The van der Waals surface area contributed by atoms with E-state index in [0.717, 1.165) is 48.2 Å². The van der Waals surface area contributed by atoms with E-state index in [2.05, 4.69) is 4.90 Å². The fourth-order valence-corrected chi connectivity index (χ4v) is 6.29. The second-order valence-electron chi connectivity index (χ2n) is 9.83. The minimum absolute atomic E-state index is 0.0428. The minimum atomic E-state index is -3.56. The van der Waals surface area contributed by atoms with Crippen LogP contribution in [-0.4, -0.2) is 57.6 Å². The number of aromatic hydroxyl groups is 1. The summed E-state index contributed by atoms with van der Waals surface area (Å²) >= 11 is 6.22. The zero-order valence-electron chi connectivity index (χ0n) is 21.2. The van der Waals surface area contributed by atoms with E-state index in [1.807, 2.05) is 31.2 Å². The van der Waals surface area contributed by atoms with E-state index in [-0.39, 0.29) is 28.3 Å². The molecule has 2 aliphatic rings. The Bertz CT molecular complexity index is 1480. The maximum Gasteiger partial charge on any atom is 0.177 e. The Labute approximate surface area is 227 Å². The molecule has 3 aromatic rings. The number of phenols is 1. The molecule has 1 N–H and O–H groups in total. The second-order valence-corrected chi connectivity index (χ2v) is 12.2. The van der Waals surface area contributed by atoms with Crippen LogP contribution in [0.2, 0.25) is 5.02 Å². The van der Waals surface area contributed by atoms with Crippen LogP contribution in [0.1, 0.15) is 29.7 Å². The molecular weight excluding hydrogens is 529 g/mol. The summed E-state index contributed by atoms with van der Waals surface area (Å²) in [6.45, 7) is 4.47.